The predicted octanol–water partition coefficient (Wildman–Crippen LogP) is 2.98. The molecule has 2 rings (SSSR count). The first-order valence-electron chi connectivity index (χ1n) is 6.58. The molecule has 1 aromatic rings. The van der Waals surface area contributed by atoms with Gasteiger partial charge in [-0.1, -0.05) is 43.2 Å². The van der Waals surface area contributed by atoms with Crippen molar-refractivity contribution in [1.82, 2.24) is 5.32 Å². The van der Waals surface area contributed by atoms with Gasteiger partial charge in [-0.25, -0.2) is 0 Å². The maximum Gasteiger partial charge on any atom is 0.230 e. The third kappa shape index (κ3) is 3.08. The number of amides is 1. The van der Waals surface area contributed by atoms with E-state index in [2.05, 4.69) is 35.6 Å². The monoisotopic (exact) mass is 263 g/mol. The standard InChI is InChI=1S/C15H21NOS/c1-18-11-14(17)16-12-15(9-5-6-10-15)13-7-3-2-4-8-13/h2-4,7-8H,5-6,9-12H2,1H3,(H,16,17). The molecule has 1 aliphatic rings. The lowest BCUT2D eigenvalue weighted by atomic mass is 9.79. The Morgan fingerprint density at radius 1 is 1.28 bits per heavy atom. The maximum absolute atomic E-state index is 11.6. The minimum absolute atomic E-state index is 0.157. The smallest absolute Gasteiger partial charge is 0.230 e. The first kappa shape index (κ1) is 13.5. The summed E-state index contributed by atoms with van der Waals surface area (Å²) in [6.07, 6.45) is 6.88. The molecule has 3 heteroatoms. The van der Waals surface area contributed by atoms with Crippen LogP contribution in [0.15, 0.2) is 30.3 Å². The molecule has 1 fully saturated rings. The molecule has 0 radical (unpaired) electrons. The zero-order valence-electron chi connectivity index (χ0n) is 10.9. The van der Waals surface area contributed by atoms with Gasteiger partial charge in [0.2, 0.25) is 5.91 Å². The van der Waals surface area contributed by atoms with Crippen molar-refractivity contribution in [3.8, 4) is 0 Å². The topological polar surface area (TPSA) is 29.1 Å². The number of carbonyl (C=O) groups excluding carboxylic acids is 1. The summed E-state index contributed by atoms with van der Waals surface area (Å²) < 4.78 is 0. The molecular weight excluding hydrogens is 242 g/mol. The second-order valence-electron chi connectivity index (χ2n) is 5.06. The lowest BCUT2D eigenvalue weighted by Gasteiger charge is -2.30. The van der Waals surface area contributed by atoms with Gasteiger partial charge in [-0.3, -0.25) is 4.79 Å². The Hall–Kier alpha value is -0.960. The zero-order chi connectivity index (χ0) is 12.8. The van der Waals surface area contributed by atoms with E-state index in [4.69, 9.17) is 0 Å². The van der Waals surface area contributed by atoms with E-state index < -0.39 is 0 Å². The van der Waals surface area contributed by atoms with Gasteiger partial charge in [-0.15, -0.1) is 0 Å². The van der Waals surface area contributed by atoms with E-state index in [0.29, 0.717) is 5.75 Å². The van der Waals surface area contributed by atoms with Crippen LogP contribution in [0.2, 0.25) is 0 Å². The summed E-state index contributed by atoms with van der Waals surface area (Å²) >= 11 is 1.57. The molecule has 2 nitrogen and oxygen atoms in total. The molecular formula is C15H21NOS. The molecule has 0 unspecified atom stereocenters. The Labute approximate surface area is 114 Å². The quantitative estimate of drug-likeness (QED) is 0.885. The fraction of sp³-hybridized carbons (Fsp3) is 0.533. The minimum atomic E-state index is 0.157. The number of benzene rings is 1. The Bertz CT molecular complexity index is 385. The Morgan fingerprint density at radius 2 is 1.94 bits per heavy atom. The SMILES string of the molecule is CSCC(=O)NCC1(c2ccccc2)CCCC1. The van der Waals surface area contributed by atoms with Crippen molar-refractivity contribution < 1.29 is 4.79 Å². The highest BCUT2D eigenvalue weighted by Crippen LogP contribution is 2.40. The van der Waals surface area contributed by atoms with Crippen molar-refractivity contribution in [2.75, 3.05) is 18.6 Å². The lowest BCUT2D eigenvalue weighted by Crippen LogP contribution is -2.39. The van der Waals surface area contributed by atoms with E-state index in [-0.39, 0.29) is 11.3 Å². The molecule has 98 valence electrons. The van der Waals surface area contributed by atoms with Gasteiger partial charge in [0, 0.05) is 12.0 Å². The summed E-state index contributed by atoms with van der Waals surface area (Å²) in [4.78, 5) is 11.6. The Balaban J connectivity index is 2.06. The molecule has 0 aliphatic heterocycles. The van der Waals surface area contributed by atoms with Crippen molar-refractivity contribution >= 4 is 17.7 Å². The molecule has 0 bridgehead atoms. The Kier molecular flexibility index (Phi) is 4.70. The van der Waals surface area contributed by atoms with E-state index in [0.717, 1.165) is 6.54 Å². The number of hydrogen-bond acceptors (Lipinski definition) is 2. The summed E-state index contributed by atoms with van der Waals surface area (Å²) in [5.74, 6) is 0.718. The number of nitrogens with one attached hydrogen (secondary N) is 1. The summed E-state index contributed by atoms with van der Waals surface area (Å²) in [5, 5.41) is 3.11. The van der Waals surface area contributed by atoms with Crippen molar-refractivity contribution in [3.63, 3.8) is 0 Å². The number of thioether (sulfide) groups is 1. The first-order chi connectivity index (χ1) is 8.77. The second kappa shape index (κ2) is 6.28. The molecule has 0 spiro atoms. The zero-order valence-corrected chi connectivity index (χ0v) is 11.8. The van der Waals surface area contributed by atoms with Gasteiger partial charge in [0.25, 0.3) is 0 Å². The summed E-state index contributed by atoms with van der Waals surface area (Å²) in [6, 6.07) is 10.6. The van der Waals surface area contributed by atoms with Gasteiger partial charge in [0.05, 0.1) is 5.75 Å². The van der Waals surface area contributed by atoms with E-state index in [1.807, 2.05) is 6.26 Å². The van der Waals surface area contributed by atoms with Crippen molar-refractivity contribution in [2.45, 2.75) is 31.1 Å². The first-order valence-corrected chi connectivity index (χ1v) is 7.97. The molecule has 1 saturated carbocycles. The van der Waals surface area contributed by atoms with Gasteiger partial charge >= 0.3 is 0 Å². The van der Waals surface area contributed by atoms with Crippen molar-refractivity contribution in [1.29, 1.82) is 0 Å². The molecule has 18 heavy (non-hydrogen) atoms. The highest BCUT2D eigenvalue weighted by atomic mass is 32.2. The molecule has 1 N–H and O–H groups in total. The fourth-order valence-electron chi connectivity index (χ4n) is 2.86. The third-order valence-electron chi connectivity index (χ3n) is 3.85. The largest absolute Gasteiger partial charge is 0.354 e. The molecule has 0 saturated heterocycles. The van der Waals surface area contributed by atoms with E-state index in [1.54, 1.807) is 11.8 Å². The van der Waals surface area contributed by atoms with Crippen LogP contribution in [-0.4, -0.2) is 24.5 Å². The molecule has 1 aliphatic carbocycles. The number of carbonyl (C=O) groups is 1. The predicted molar refractivity (Wildman–Crippen MR) is 78.0 cm³/mol. The van der Waals surface area contributed by atoms with Crippen LogP contribution in [0, 0.1) is 0 Å². The van der Waals surface area contributed by atoms with Gasteiger partial charge < -0.3 is 5.32 Å². The molecule has 0 heterocycles. The Morgan fingerprint density at radius 3 is 2.56 bits per heavy atom. The van der Waals surface area contributed by atoms with Crippen LogP contribution in [0.1, 0.15) is 31.2 Å². The highest BCUT2D eigenvalue weighted by molar-refractivity contribution is 7.99. The summed E-state index contributed by atoms with van der Waals surface area (Å²) in [7, 11) is 0. The minimum Gasteiger partial charge on any atom is -0.354 e. The van der Waals surface area contributed by atoms with Gasteiger partial charge in [0.1, 0.15) is 0 Å². The molecule has 0 aromatic heterocycles. The fourth-order valence-corrected chi connectivity index (χ4v) is 3.23. The third-order valence-corrected chi connectivity index (χ3v) is 4.40. The van der Waals surface area contributed by atoms with Gasteiger partial charge in [0.15, 0.2) is 0 Å². The van der Waals surface area contributed by atoms with Crippen molar-refractivity contribution in [3.05, 3.63) is 35.9 Å². The van der Waals surface area contributed by atoms with Crippen molar-refractivity contribution in [2.24, 2.45) is 0 Å². The maximum atomic E-state index is 11.6. The highest BCUT2D eigenvalue weighted by Gasteiger charge is 2.35. The number of hydrogen-bond donors (Lipinski definition) is 1. The lowest BCUT2D eigenvalue weighted by molar-refractivity contribution is -0.118. The van der Waals surface area contributed by atoms with Gasteiger partial charge in [-0.2, -0.15) is 11.8 Å². The van der Waals surface area contributed by atoms with Crippen LogP contribution in [0.3, 0.4) is 0 Å². The normalized spacial score (nSPS) is 17.6. The summed E-state index contributed by atoms with van der Waals surface area (Å²) in [5.41, 5.74) is 1.56. The van der Waals surface area contributed by atoms with E-state index >= 15 is 0 Å². The molecule has 1 amide bonds. The van der Waals surface area contributed by atoms with Crippen LogP contribution >= 0.6 is 11.8 Å². The summed E-state index contributed by atoms with van der Waals surface area (Å²) in [6.45, 7) is 0.788. The van der Waals surface area contributed by atoms with Crippen LogP contribution < -0.4 is 5.32 Å². The molecule has 0 atom stereocenters. The number of rotatable bonds is 5. The van der Waals surface area contributed by atoms with E-state index in [9.17, 15) is 4.79 Å². The van der Waals surface area contributed by atoms with E-state index in [1.165, 1.54) is 31.2 Å². The molecule has 1 aromatic carbocycles. The van der Waals surface area contributed by atoms with Gasteiger partial charge in [-0.05, 0) is 24.7 Å². The average Bonchev–Trinajstić information content (AvgIpc) is 2.88. The van der Waals surface area contributed by atoms with Crippen LogP contribution in [0.4, 0.5) is 0 Å². The van der Waals surface area contributed by atoms with Crippen LogP contribution in [0.25, 0.3) is 0 Å². The van der Waals surface area contributed by atoms with Crippen LogP contribution in [0.5, 0.6) is 0 Å². The van der Waals surface area contributed by atoms with Crippen LogP contribution in [-0.2, 0) is 10.2 Å². The average molecular weight is 263 g/mol. The second-order valence-corrected chi connectivity index (χ2v) is 5.93.